The van der Waals surface area contributed by atoms with Gasteiger partial charge in [0.2, 0.25) is 5.91 Å². The maximum absolute atomic E-state index is 11.9. The molecule has 1 aromatic carbocycles. The molecule has 0 spiro atoms. The Morgan fingerprint density at radius 2 is 2.00 bits per heavy atom. The third kappa shape index (κ3) is 4.55. The zero-order chi connectivity index (χ0) is 15.2. The van der Waals surface area contributed by atoms with Gasteiger partial charge >= 0.3 is 0 Å². The first-order valence-electron chi connectivity index (χ1n) is 7.77. The second-order valence-electron chi connectivity index (χ2n) is 5.82. The van der Waals surface area contributed by atoms with Gasteiger partial charge in [0, 0.05) is 19.1 Å². The maximum Gasteiger partial charge on any atom is 0.248 e. The SMILES string of the molecule is CCCNC(CN1CCOCC1=O)c1cc(C)cc(C)c1. The molecule has 0 aliphatic carbocycles. The Kier molecular flexibility index (Phi) is 5.76. The van der Waals surface area contributed by atoms with E-state index in [0.29, 0.717) is 19.7 Å². The van der Waals surface area contributed by atoms with Crippen molar-refractivity contribution in [2.45, 2.75) is 33.2 Å². The Morgan fingerprint density at radius 3 is 2.62 bits per heavy atom. The lowest BCUT2D eigenvalue weighted by Gasteiger charge is -2.31. The highest BCUT2D eigenvalue weighted by Crippen LogP contribution is 2.19. The van der Waals surface area contributed by atoms with Crippen LogP contribution in [0.5, 0.6) is 0 Å². The van der Waals surface area contributed by atoms with E-state index in [1.54, 1.807) is 0 Å². The predicted octanol–water partition coefficient (Wildman–Crippen LogP) is 2.20. The minimum atomic E-state index is 0.0916. The van der Waals surface area contributed by atoms with Crippen LogP contribution in [0.2, 0.25) is 0 Å². The van der Waals surface area contributed by atoms with E-state index >= 15 is 0 Å². The number of aryl methyl sites for hydroxylation is 2. The molecule has 4 nitrogen and oxygen atoms in total. The summed E-state index contributed by atoms with van der Waals surface area (Å²) in [5.41, 5.74) is 3.79. The number of carbonyl (C=O) groups is 1. The lowest BCUT2D eigenvalue weighted by Crippen LogP contribution is -2.45. The molecule has 0 saturated carbocycles. The standard InChI is InChI=1S/C17H26N2O2/c1-4-5-18-16(11-19-6-7-21-12-17(19)20)15-9-13(2)8-14(3)10-15/h8-10,16,18H,4-7,11-12H2,1-3H3. The van der Waals surface area contributed by atoms with Crippen LogP contribution in [0.4, 0.5) is 0 Å². The van der Waals surface area contributed by atoms with Crippen molar-refractivity contribution < 1.29 is 9.53 Å². The van der Waals surface area contributed by atoms with E-state index in [1.165, 1.54) is 16.7 Å². The molecule has 1 aromatic rings. The summed E-state index contributed by atoms with van der Waals surface area (Å²) < 4.78 is 5.21. The van der Waals surface area contributed by atoms with Crippen LogP contribution in [0.1, 0.15) is 36.1 Å². The number of rotatable bonds is 6. The van der Waals surface area contributed by atoms with E-state index in [-0.39, 0.29) is 18.6 Å². The number of carbonyl (C=O) groups excluding carboxylic acids is 1. The molecule has 0 radical (unpaired) electrons. The van der Waals surface area contributed by atoms with Crippen LogP contribution < -0.4 is 5.32 Å². The third-order valence-electron chi connectivity index (χ3n) is 3.77. The largest absolute Gasteiger partial charge is 0.370 e. The van der Waals surface area contributed by atoms with Gasteiger partial charge in [0.05, 0.1) is 6.61 Å². The first kappa shape index (κ1) is 16.0. The molecule has 21 heavy (non-hydrogen) atoms. The van der Waals surface area contributed by atoms with Crippen molar-refractivity contribution in [3.05, 3.63) is 34.9 Å². The van der Waals surface area contributed by atoms with Crippen LogP contribution in [0.15, 0.2) is 18.2 Å². The van der Waals surface area contributed by atoms with E-state index in [0.717, 1.165) is 13.0 Å². The summed E-state index contributed by atoms with van der Waals surface area (Å²) in [4.78, 5) is 13.9. The average Bonchev–Trinajstić information content (AvgIpc) is 2.44. The van der Waals surface area contributed by atoms with Crippen molar-refractivity contribution in [3.8, 4) is 0 Å². The van der Waals surface area contributed by atoms with Crippen molar-refractivity contribution in [3.63, 3.8) is 0 Å². The lowest BCUT2D eigenvalue weighted by atomic mass is 10.0. The lowest BCUT2D eigenvalue weighted by molar-refractivity contribution is -0.143. The Morgan fingerprint density at radius 1 is 1.29 bits per heavy atom. The fourth-order valence-electron chi connectivity index (χ4n) is 2.78. The van der Waals surface area contributed by atoms with E-state index in [4.69, 9.17) is 4.74 Å². The molecule has 1 unspecified atom stereocenters. The highest BCUT2D eigenvalue weighted by molar-refractivity contribution is 5.78. The van der Waals surface area contributed by atoms with Gasteiger partial charge < -0.3 is 15.0 Å². The molecule has 0 bridgehead atoms. The predicted molar refractivity (Wildman–Crippen MR) is 84.3 cm³/mol. The van der Waals surface area contributed by atoms with Gasteiger partial charge in [-0.1, -0.05) is 36.2 Å². The summed E-state index contributed by atoms with van der Waals surface area (Å²) in [6, 6.07) is 6.79. The zero-order valence-corrected chi connectivity index (χ0v) is 13.3. The number of ether oxygens (including phenoxy) is 1. The molecule has 1 N–H and O–H groups in total. The number of hydrogen-bond donors (Lipinski definition) is 1. The fourth-order valence-corrected chi connectivity index (χ4v) is 2.78. The fraction of sp³-hybridized carbons (Fsp3) is 0.588. The molecule has 0 aromatic heterocycles. The summed E-state index contributed by atoms with van der Waals surface area (Å²) in [5.74, 6) is 0.0916. The molecule has 1 atom stereocenters. The molecule has 1 aliphatic rings. The van der Waals surface area contributed by atoms with Crippen LogP contribution in [0.3, 0.4) is 0 Å². The molecule has 1 heterocycles. The van der Waals surface area contributed by atoms with Gasteiger partial charge in [-0.05, 0) is 32.4 Å². The number of nitrogens with zero attached hydrogens (tertiary/aromatic N) is 1. The van der Waals surface area contributed by atoms with E-state index < -0.39 is 0 Å². The van der Waals surface area contributed by atoms with E-state index in [9.17, 15) is 4.79 Å². The van der Waals surface area contributed by atoms with E-state index in [2.05, 4.69) is 44.3 Å². The second kappa shape index (κ2) is 7.57. The van der Waals surface area contributed by atoms with Gasteiger partial charge in [-0.3, -0.25) is 4.79 Å². The smallest absolute Gasteiger partial charge is 0.248 e. The van der Waals surface area contributed by atoms with Crippen LogP contribution >= 0.6 is 0 Å². The number of hydrogen-bond acceptors (Lipinski definition) is 3. The van der Waals surface area contributed by atoms with Crippen LogP contribution in [0.25, 0.3) is 0 Å². The van der Waals surface area contributed by atoms with Crippen molar-refractivity contribution >= 4 is 5.91 Å². The Labute approximate surface area is 127 Å². The molecule has 116 valence electrons. The van der Waals surface area contributed by atoms with Gasteiger partial charge in [-0.2, -0.15) is 0 Å². The average molecular weight is 290 g/mol. The quantitative estimate of drug-likeness (QED) is 0.873. The monoisotopic (exact) mass is 290 g/mol. The first-order valence-corrected chi connectivity index (χ1v) is 7.77. The second-order valence-corrected chi connectivity index (χ2v) is 5.82. The number of nitrogens with one attached hydrogen (secondary N) is 1. The normalized spacial score (nSPS) is 17.1. The Hall–Kier alpha value is -1.39. The summed E-state index contributed by atoms with van der Waals surface area (Å²) in [6.07, 6.45) is 1.08. The Bertz CT molecular complexity index is 467. The summed E-state index contributed by atoms with van der Waals surface area (Å²) in [5, 5.41) is 3.57. The van der Waals surface area contributed by atoms with Gasteiger partial charge in [-0.25, -0.2) is 0 Å². The maximum atomic E-state index is 11.9. The van der Waals surface area contributed by atoms with Crippen LogP contribution in [-0.4, -0.2) is 43.7 Å². The van der Waals surface area contributed by atoms with E-state index in [1.807, 2.05) is 4.90 Å². The first-order chi connectivity index (χ1) is 10.1. The molecular weight excluding hydrogens is 264 g/mol. The molecule has 2 rings (SSSR count). The highest BCUT2D eigenvalue weighted by Gasteiger charge is 2.23. The Balaban J connectivity index is 2.14. The number of benzene rings is 1. The third-order valence-corrected chi connectivity index (χ3v) is 3.77. The summed E-state index contributed by atoms with van der Waals surface area (Å²) in [7, 11) is 0. The van der Waals surface area contributed by atoms with Gasteiger partial charge in [0.15, 0.2) is 0 Å². The number of morpholine rings is 1. The van der Waals surface area contributed by atoms with Crippen molar-refractivity contribution in [2.75, 3.05) is 32.8 Å². The number of amides is 1. The van der Waals surface area contributed by atoms with Crippen molar-refractivity contribution in [1.82, 2.24) is 10.2 Å². The molecule has 1 fully saturated rings. The summed E-state index contributed by atoms with van der Waals surface area (Å²) in [6.45, 7) is 9.60. The minimum absolute atomic E-state index is 0.0916. The minimum Gasteiger partial charge on any atom is -0.370 e. The molecule has 1 saturated heterocycles. The van der Waals surface area contributed by atoms with Crippen LogP contribution in [0, 0.1) is 13.8 Å². The van der Waals surface area contributed by atoms with Gasteiger partial charge in [-0.15, -0.1) is 0 Å². The summed E-state index contributed by atoms with van der Waals surface area (Å²) >= 11 is 0. The molecular formula is C17H26N2O2. The molecule has 1 aliphatic heterocycles. The van der Waals surface area contributed by atoms with Gasteiger partial charge in [0.1, 0.15) is 6.61 Å². The van der Waals surface area contributed by atoms with Crippen LogP contribution in [-0.2, 0) is 9.53 Å². The van der Waals surface area contributed by atoms with Gasteiger partial charge in [0.25, 0.3) is 0 Å². The highest BCUT2D eigenvalue weighted by atomic mass is 16.5. The van der Waals surface area contributed by atoms with Crippen molar-refractivity contribution in [1.29, 1.82) is 0 Å². The molecule has 4 heteroatoms. The zero-order valence-electron chi connectivity index (χ0n) is 13.3. The van der Waals surface area contributed by atoms with Crippen molar-refractivity contribution in [2.24, 2.45) is 0 Å². The topological polar surface area (TPSA) is 41.6 Å². The molecule has 1 amide bonds.